The molecule has 0 aliphatic carbocycles. The van der Waals surface area contributed by atoms with Gasteiger partial charge >= 0.3 is 0 Å². The number of piperazine rings is 1. The molecule has 0 radical (unpaired) electrons. The van der Waals surface area contributed by atoms with E-state index in [4.69, 9.17) is 0 Å². The van der Waals surface area contributed by atoms with Crippen LogP contribution in [-0.4, -0.2) is 56.4 Å². The third-order valence-corrected chi connectivity index (χ3v) is 1.93. The van der Waals surface area contributed by atoms with E-state index in [0.717, 1.165) is 19.6 Å². The highest BCUT2D eigenvalue weighted by Crippen LogP contribution is 1.98. The van der Waals surface area contributed by atoms with E-state index in [1.54, 1.807) is 0 Å². The molecule has 3 nitrogen and oxygen atoms in total. The fraction of sp³-hybridized carbons (Fsp3) is 0.857. The monoisotopic (exact) mass is 141 g/mol. The molecular weight excluding hydrogens is 126 g/mol. The molecule has 0 amide bonds. The summed E-state index contributed by atoms with van der Waals surface area (Å²) in [6.07, 6.45) is 0. The van der Waals surface area contributed by atoms with E-state index in [1.165, 1.54) is 5.84 Å². The van der Waals surface area contributed by atoms with Crippen LogP contribution in [0, 0.1) is 0 Å². The molecule has 0 bridgehead atoms. The number of amidine groups is 1. The molecule has 1 heterocycles. The van der Waals surface area contributed by atoms with E-state index in [1.807, 2.05) is 7.05 Å². The molecule has 3 heteroatoms. The molecule has 0 aromatic rings. The third kappa shape index (κ3) is 1.48. The van der Waals surface area contributed by atoms with Crippen molar-refractivity contribution >= 4 is 5.84 Å². The van der Waals surface area contributed by atoms with Crippen molar-refractivity contribution in [3.8, 4) is 0 Å². The number of nitrogens with zero attached hydrogens (tertiary/aromatic N) is 3. The molecule has 0 unspecified atom stereocenters. The largest absolute Gasteiger partial charge is 0.361 e. The minimum Gasteiger partial charge on any atom is -0.361 e. The maximum atomic E-state index is 4.18. The third-order valence-electron chi connectivity index (χ3n) is 1.93. The highest BCUT2D eigenvalue weighted by molar-refractivity contribution is 5.84. The Labute approximate surface area is 62.3 Å². The number of likely N-dealkylation sites (N-methyl/N-ethyl adjacent to an activating group) is 2. The van der Waals surface area contributed by atoms with Crippen LogP contribution in [0.1, 0.15) is 0 Å². The lowest BCUT2D eigenvalue weighted by Gasteiger charge is -2.32. The fourth-order valence-electron chi connectivity index (χ4n) is 1.13. The zero-order valence-electron chi connectivity index (χ0n) is 6.96. The highest BCUT2D eigenvalue weighted by Gasteiger charge is 2.14. The first-order valence-electron chi connectivity index (χ1n) is 3.59. The van der Waals surface area contributed by atoms with Gasteiger partial charge in [-0.3, -0.25) is 9.89 Å². The number of hydrogen-bond acceptors (Lipinski definition) is 2. The van der Waals surface area contributed by atoms with Crippen LogP contribution in [-0.2, 0) is 0 Å². The van der Waals surface area contributed by atoms with Gasteiger partial charge in [-0.2, -0.15) is 0 Å². The van der Waals surface area contributed by atoms with Gasteiger partial charge in [-0.25, -0.2) is 0 Å². The summed E-state index contributed by atoms with van der Waals surface area (Å²) in [6.45, 7) is 3.24. The average molecular weight is 141 g/mol. The quantitative estimate of drug-likeness (QED) is 0.469. The maximum absolute atomic E-state index is 4.18. The van der Waals surface area contributed by atoms with Crippen LogP contribution >= 0.6 is 0 Å². The molecule has 1 aliphatic rings. The van der Waals surface area contributed by atoms with E-state index in [2.05, 4.69) is 28.9 Å². The Kier molecular flexibility index (Phi) is 2.27. The molecular formula is C7H15N3. The van der Waals surface area contributed by atoms with Gasteiger partial charge < -0.3 is 4.90 Å². The molecule has 0 saturated carbocycles. The minimum absolute atomic E-state index is 0.993. The first-order valence-corrected chi connectivity index (χ1v) is 3.59. The molecule has 0 aromatic heterocycles. The Morgan fingerprint density at radius 2 is 2.00 bits per heavy atom. The van der Waals surface area contributed by atoms with Gasteiger partial charge in [-0.05, 0) is 7.05 Å². The van der Waals surface area contributed by atoms with Crippen molar-refractivity contribution in [2.45, 2.75) is 0 Å². The maximum Gasteiger partial charge on any atom is 0.113 e. The molecule has 0 spiro atoms. The van der Waals surface area contributed by atoms with Crippen molar-refractivity contribution in [1.82, 2.24) is 9.80 Å². The fourth-order valence-corrected chi connectivity index (χ4v) is 1.13. The Morgan fingerprint density at radius 1 is 1.30 bits per heavy atom. The van der Waals surface area contributed by atoms with E-state index >= 15 is 0 Å². The van der Waals surface area contributed by atoms with Crippen molar-refractivity contribution in [1.29, 1.82) is 0 Å². The lowest BCUT2D eigenvalue weighted by atomic mass is 10.3. The zero-order chi connectivity index (χ0) is 7.56. The Balaban J connectivity index is 2.54. The van der Waals surface area contributed by atoms with E-state index in [9.17, 15) is 0 Å². The molecule has 58 valence electrons. The van der Waals surface area contributed by atoms with Crippen molar-refractivity contribution in [2.24, 2.45) is 4.99 Å². The van der Waals surface area contributed by atoms with Crippen LogP contribution in [0.4, 0.5) is 0 Å². The van der Waals surface area contributed by atoms with Gasteiger partial charge in [0.2, 0.25) is 0 Å². The topological polar surface area (TPSA) is 18.8 Å². The summed E-state index contributed by atoms with van der Waals surface area (Å²) in [5.41, 5.74) is 0. The van der Waals surface area contributed by atoms with Crippen LogP contribution < -0.4 is 0 Å². The molecule has 1 saturated heterocycles. The summed E-state index contributed by atoms with van der Waals surface area (Å²) in [5.74, 6) is 1.19. The second kappa shape index (κ2) is 3.01. The lowest BCUT2D eigenvalue weighted by molar-refractivity contribution is 0.288. The zero-order valence-corrected chi connectivity index (χ0v) is 6.96. The summed E-state index contributed by atoms with van der Waals surface area (Å²) in [4.78, 5) is 8.67. The smallest absolute Gasteiger partial charge is 0.113 e. The summed E-state index contributed by atoms with van der Waals surface area (Å²) in [6, 6.07) is 0. The minimum atomic E-state index is 0.993. The van der Waals surface area contributed by atoms with Crippen LogP contribution in [0.3, 0.4) is 0 Å². The SMILES string of the molecule is C/N=C1/CN(C)CCN1C. The summed E-state index contributed by atoms with van der Waals surface area (Å²) >= 11 is 0. The Hall–Kier alpha value is -0.570. The van der Waals surface area contributed by atoms with Gasteiger partial charge in [0.1, 0.15) is 5.84 Å². The summed E-state index contributed by atoms with van der Waals surface area (Å²) in [7, 11) is 6.07. The molecule has 10 heavy (non-hydrogen) atoms. The van der Waals surface area contributed by atoms with E-state index in [-0.39, 0.29) is 0 Å². The van der Waals surface area contributed by atoms with Crippen LogP contribution in [0.2, 0.25) is 0 Å². The predicted octanol–water partition coefficient (Wildman–Crippen LogP) is -0.108. The van der Waals surface area contributed by atoms with E-state index < -0.39 is 0 Å². The van der Waals surface area contributed by atoms with Gasteiger partial charge in [-0.1, -0.05) is 0 Å². The van der Waals surface area contributed by atoms with Crippen molar-refractivity contribution in [2.75, 3.05) is 40.8 Å². The van der Waals surface area contributed by atoms with Gasteiger partial charge in [0.25, 0.3) is 0 Å². The number of aliphatic imine (C=N–C) groups is 1. The molecule has 1 rings (SSSR count). The van der Waals surface area contributed by atoms with Gasteiger partial charge in [0.15, 0.2) is 0 Å². The second-order valence-electron chi connectivity index (χ2n) is 2.80. The van der Waals surface area contributed by atoms with Crippen molar-refractivity contribution < 1.29 is 0 Å². The van der Waals surface area contributed by atoms with Gasteiger partial charge in [-0.15, -0.1) is 0 Å². The van der Waals surface area contributed by atoms with Crippen LogP contribution in [0.5, 0.6) is 0 Å². The molecule has 1 aliphatic heterocycles. The Bertz CT molecular complexity index is 142. The molecule has 0 atom stereocenters. The lowest BCUT2D eigenvalue weighted by Crippen LogP contribution is -2.46. The van der Waals surface area contributed by atoms with Gasteiger partial charge in [0.05, 0.1) is 6.54 Å². The average Bonchev–Trinajstić information content (AvgIpc) is 1.94. The standard InChI is InChI=1S/C7H15N3/c1-8-7-6-9(2)4-5-10(7)3/h4-6H2,1-3H3/b8-7-. The summed E-state index contributed by atoms with van der Waals surface area (Å²) < 4.78 is 0. The Morgan fingerprint density at radius 3 is 2.50 bits per heavy atom. The number of rotatable bonds is 0. The normalized spacial score (nSPS) is 25.9. The first-order chi connectivity index (χ1) is 4.74. The van der Waals surface area contributed by atoms with E-state index in [0.29, 0.717) is 0 Å². The second-order valence-corrected chi connectivity index (χ2v) is 2.80. The molecule has 1 fully saturated rings. The highest BCUT2D eigenvalue weighted by atomic mass is 15.3. The van der Waals surface area contributed by atoms with Crippen LogP contribution in [0.25, 0.3) is 0 Å². The molecule has 0 N–H and O–H groups in total. The van der Waals surface area contributed by atoms with Crippen molar-refractivity contribution in [3.05, 3.63) is 0 Å². The van der Waals surface area contributed by atoms with Gasteiger partial charge in [0, 0.05) is 27.2 Å². The number of hydrogen-bond donors (Lipinski definition) is 0. The first kappa shape index (κ1) is 7.54. The summed E-state index contributed by atoms with van der Waals surface area (Å²) in [5, 5.41) is 0. The predicted molar refractivity (Wildman–Crippen MR) is 43.5 cm³/mol. The van der Waals surface area contributed by atoms with Crippen LogP contribution in [0.15, 0.2) is 4.99 Å². The molecule has 0 aromatic carbocycles. The van der Waals surface area contributed by atoms with Crippen molar-refractivity contribution in [3.63, 3.8) is 0 Å².